The number of fused-ring (bicyclic) bond motifs is 9. The van der Waals surface area contributed by atoms with Gasteiger partial charge in [0.25, 0.3) is 0 Å². The Labute approximate surface area is 336 Å². The second-order valence-corrected chi connectivity index (χ2v) is 15.7. The Bertz CT molecular complexity index is 3460. The molecule has 272 valence electrons. The Morgan fingerprint density at radius 1 is 0.259 bits per heavy atom. The Kier molecular flexibility index (Phi) is 7.09. The summed E-state index contributed by atoms with van der Waals surface area (Å²) in [4.78, 5) is 0. The van der Waals surface area contributed by atoms with Crippen LogP contribution in [0.2, 0.25) is 0 Å². The molecule has 2 nitrogen and oxygen atoms in total. The van der Waals surface area contributed by atoms with Crippen LogP contribution in [0.3, 0.4) is 0 Å². The number of nitrogens with zero attached hydrogens (tertiary/aromatic N) is 2. The fraction of sp³-hybridized carbons (Fsp3) is 0.0357. The van der Waals surface area contributed by atoms with Crippen LogP contribution in [0.4, 0.5) is 0 Å². The molecule has 2 aromatic heterocycles. The number of aryl methyl sites for hydroxylation is 2. The predicted octanol–water partition coefficient (Wildman–Crippen LogP) is 15.1. The maximum atomic E-state index is 2.49. The number of aromatic nitrogens is 2. The minimum absolute atomic E-state index is 1.23. The minimum Gasteiger partial charge on any atom is -0.344 e. The van der Waals surface area contributed by atoms with Crippen molar-refractivity contribution in [2.45, 2.75) is 0 Å². The first-order valence-corrected chi connectivity index (χ1v) is 20.1. The summed E-state index contributed by atoms with van der Waals surface area (Å²) < 4.78 is 4.67. The molecule has 0 unspecified atom stereocenters. The van der Waals surface area contributed by atoms with Gasteiger partial charge >= 0.3 is 0 Å². The molecule has 0 atom stereocenters. The standard InChI is InChI=1S/C56H38N2/c1-57-50-30-8-6-18-46(50)55-42(28-14-32-52(55)57)39-23-12-26-44-48(39)34-49-40(43-29-15-33-53-56(43)47-19-7-9-31-51(47)58(53)2)24-13-27-45(49)54(44)41-25-11-21-37-36(20-10-22-38(37)41)35-16-4-3-5-17-35/h3-34H,1-2H3. The van der Waals surface area contributed by atoms with Crippen LogP contribution in [0.1, 0.15) is 0 Å². The highest BCUT2D eigenvalue weighted by Crippen LogP contribution is 2.48. The van der Waals surface area contributed by atoms with Crippen LogP contribution in [0.5, 0.6) is 0 Å². The molecule has 12 aromatic rings. The molecule has 10 aromatic carbocycles. The smallest absolute Gasteiger partial charge is 0.0495 e. The lowest BCUT2D eigenvalue weighted by Gasteiger charge is -2.19. The first-order chi connectivity index (χ1) is 28.7. The molecule has 0 radical (unpaired) electrons. The monoisotopic (exact) mass is 738 g/mol. The van der Waals surface area contributed by atoms with Crippen molar-refractivity contribution in [1.82, 2.24) is 9.13 Å². The third-order valence-electron chi connectivity index (χ3n) is 12.8. The van der Waals surface area contributed by atoms with E-state index >= 15 is 0 Å². The number of hydrogen-bond acceptors (Lipinski definition) is 0. The molecular weight excluding hydrogens is 701 g/mol. The highest BCUT2D eigenvalue weighted by molar-refractivity contribution is 6.26. The van der Waals surface area contributed by atoms with Gasteiger partial charge < -0.3 is 9.13 Å². The molecule has 0 aliphatic heterocycles. The molecule has 2 heterocycles. The fourth-order valence-corrected chi connectivity index (χ4v) is 10.2. The average Bonchev–Trinajstić information content (AvgIpc) is 3.75. The average molecular weight is 739 g/mol. The van der Waals surface area contributed by atoms with Gasteiger partial charge in [-0.2, -0.15) is 0 Å². The van der Waals surface area contributed by atoms with Gasteiger partial charge in [-0.3, -0.25) is 0 Å². The maximum absolute atomic E-state index is 2.49. The molecule has 12 rings (SSSR count). The lowest BCUT2D eigenvalue weighted by Crippen LogP contribution is -1.93. The van der Waals surface area contributed by atoms with Gasteiger partial charge in [0.1, 0.15) is 0 Å². The Balaban J connectivity index is 1.25. The molecule has 0 saturated carbocycles. The highest BCUT2D eigenvalue weighted by Gasteiger charge is 2.21. The van der Waals surface area contributed by atoms with Gasteiger partial charge in [0.2, 0.25) is 0 Å². The molecule has 0 spiro atoms. The van der Waals surface area contributed by atoms with E-state index in [0.717, 1.165) is 0 Å². The summed E-state index contributed by atoms with van der Waals surface area (Å²) in [7, 11) is 4.38. The molecule has 0 amide bonds. The van der Waals surface area contributed by atoms with Crippen molar-refractivity contribution in [3.63, 3.8) is 0 Å². The summed E-state index contributed by atoms with van der Waals surface area (Å²) in [5.41, 5.74) is 14.9. The molecule has 0 aliphatic carbocycles. The number of para-hydroxylation sites is 2. The first-order valence-electron chi connectivity index (χ1n) is 20.1. The Hall–Kier alpha value is -7.42. The van der Waals surface area contributed by atoms with Crippen LogP contribution >= 0.6 is 0 Å². The van der Waals surface area contributed by atoms with Crippen molar-refractivity contribution in [2.24, 2.45) is 14.1 Å². The summed E-state index contributed by atoms with van der Waals surface area (Å²) in [6.45, 7) is 0. The van der Waals surface area contributed by atoms with Crippen molar-refractivity contribution in [3.05, 3.63) is 194 Å². The Morgan fingerprint density at radius 2 is 0.638 bits per heavy atom. The van der Waals surface area contributed by atoms with Crippen LogP contribution < -0.4 is 0 Å². The van der Waals surface area contributed by atoms with E-state index in [1.54, 1.807) is 0 Å². The van der Waals surface area contributed by atoms with Gasteiger partial charge in [-0.1, -0.05) is 164 Å². The van der Waals surface area contributed by atoms with Crippen LogP contribution in [0, 0.1) is 0 Å². The number of rotatable bonds is 4. The summed E-state index contributed by atoms with van der Waals surface area (Å²) in [6.07, 6.45) is 0. The molecule has 0 bridgehead atoms. The van der Waals surface area contributed by atoms with Gasteiger partial charge in [-0.05, 0) is 107 Å². The maximum Gasteiger partial charge on any atom is 0.0495 e. The summed E-state index contributed by atoms with van der Waals surface area (Å²) in [5.74, 6) is 0. The Morgan fingerprint density at radius 3 is 1.19 bits per heavy atom. The lowest BCUT2D eigenvalue weighted by molar-refractivity contribution is 1.01. The van der Waals surface area contributed by atoms with Crippen molar-refractivity contribution in [3.8, 4) is 44.5 Å². The van der Waals surface area contributed by atoms with Gasteiger partial charge in [0.15, 0.2) is 0 Å². The molecule has 0 saturated heterocycles. The lowest BCUT2D eigenvalue weighted by atomic mass is 9.83. The van der Waals surface area contributed by atoms with Crippen LogP contribution in [0.25, 0.3) is 120 Å². The molecule has 0 aliphatic rings. The van der Waals surface area contributed by atoms with E-state index in [0.29, 0.717) is 0 Å². The van der Waals surface area contributed by atoms with Gasteiger partial charge in [-0.25, -0.2) is 0 Å². The molecule has 0 N–H and O–H groups in total. The van der Waals surface area contributed by atoms with Crippen molar-refractivity contribution in [2.75, 3.05) is 0 Å². The van der Waals surface area contributed by atoms with Crippen LogP contribution in [-0.2, 0) is 14.1 Å². The quantitative estimate of drug-likeness (QED) is 0.159. The second-order valence-electron chi connectivity index (χ2n) is 15.7. The van der Waals surface area contributed by atoms with Gasteiger partial charge in [-0.15, -0.1) is 0 Å². The summed E-state index contributed by atoms with van der Waals surface area (Å²) in [5, 5.41) is 12.6. The zero-order chi connectivity index (χ0) is 38.5. The third-order valence-corrected chi connectivity index (χ3v) is 12.8. The topological polar surface area (TPSA) is 9.86 Å². The minimum atomic E-state index is 1.23. The van der Waals surface area contributed by atoms with Gasteiger partial charge in [0.05, 0.1) is 0 Å². The summed E-state index contributed by atoms with van der Waals surface area (Å²) >= 11 is 0. The number of hydrogen-bond donors (Lipinski definition) is 0. The van der Waals surface area contributed by atoms with E-state index < -0.39 is 0 Å². The van der Waals surface area contributed by atoms with E-state index in [9.17, 15) is 0 Å². The zero-order valence-corrected chi connectivity index (χ0v) is 32.4. The second kappa shape index (κ2) is 12.5. The third kappa shape index (κ3) is 4.60. The van der Waals surface area contributed by atoms with E-state index in [-0.39, 0.29) is 0 Å². The van der Waals surface area contributed by atoms with Crippen molar-refractivity contribution in [1.29, 1.82) is 0 Å². The van der Waals surface area contributed by atoms with Crippen molar-refractivity contribution >= 4 is 75.9 Å². The zero-order valence-electron chi connectivity index (χ0n) is 32.4. The van der Waals surface area contributed by atoms with E-state index in [4.69, 9.17) is 0 Å². The predicted molar refractivity (Wildman–Crippen MR) is 249 cm³/mol. The largest absolute Gasteiger partial charge is 0.344 e. The molecular formula is C56H38N2. The van der Waals surface area contributed by atoms with E-state index in [1.165, 1.54) is 120 Å². The SMILES string of the molecule is Cn1c2ccccc2c2c(-c3cccc4c(-c5cccc6c(-c7ccccc7)cccc56)c5cccc(-c6cccc7c6c6ccccc6n7C)c5cc34)cccc21. The normalized spacial score (nSPS) is 12.0. The van der Waals surface area contributed by atoms with Crippen LogP contribution in [-0.4, -0.2) is 9.13 Å². The fourth-order valence-electron chi connectivity index (χ4n) is 10.2. The molecule has 58 heavy (non-hydrogen) atoms. The van der Waals surface area contributed by atoms with Gasteiger partial charge in [0, 0.05) is 57.7 Å². The molecule has 2 heteroatoms. The summed E-state index contributed by atoms with van der Waals surface area (Å²) in [6, 6.07) is 72.0. The first kappa shape index (κ1) is 32.8. The highest BCUT2D eigenvalue weighted by atomic mass is 14.9. The molecule has 0 fully saturated rings. The van der Waals surface area contributed by atoms with E-state index in [1.807, 2.05) is 0 Å². The van der Waals surface area contributed by atoms with E-state index in [2.05, 4.69) is 217 Å². The van der Waals surface area contributed by atoms with Crippen molar-refractivity contribution < 1.29 is 0 Å². The van der Waals surface area contributed by atoms with Crippen LogP contribution in [0.15, 0.2) is 194 Å². The number of benzene rings is 10.